The normalized spacial score (nSPS) is 11.3. The number of hydrogen-bond donors (Lipinski definition) is 2. The fraction of sp³-hybridized carbons (Fsp3) is 0.136. The Morgan fingerprint density at radius 1 is 1.21 bits per heavy atom. The van der Waals surface area contributed by atoms with E-state index in [0.717, 1.165) is 16.8 Å². The summed E-state index contributed by atoms with van der Waals surface area (Å²) in [7, 11) is 0. The molecule has 0 atom stereocenters. The van der Waals surface area contributed by atoms with Gasteiger partial charge >= 0.3 is 0 Å². The van der Waals surface area contributed by atoms with Crippen LogP contribution in [-0.2, 0) is 4.79 Å². The van der Waals surface area contributed by atoms with Crippen molar-refractivity contribution in [1.29, 1.82) is 0 Å². The fourth-order valence-corrected chi connectivity index (χ4v) is 2.77. The highest BCUT2D eigenvalue weighted by Gasteiger charge is 2.12. The molecular formula is C22H22N4O2. The number of rotatable bonds is 6. The zero-order valence-electron chi connectivity index (χ0n) is 15.9. The number of aromatic nitrogens is 2. The third-order valence-electron chi connectivity index (χ3n) is 4.20. The summed E-state index contributed by atoms with van der Waals surface area (Å²) in [5.74, 6) is -0.446. The Balaban J connectivity index is 1.58. The molecule has 3 aromatic rings. The topological polar surface area (TPSA) is 75.5 Å². The van der Waals surface area contributed by atoms with Gasteiger partial charge in [0.1, 0.15) is 0 Å². The number of carbonyl (C=O) groups is 2. The van der Waals surface area contributed by atoms with Crippen LogP contribution >= 0.6 is 0 Å². The van der Waals surface area contributed by atoms with Crippen molar-refractivity contribution in [2.75, 3.05) is 11.9 Å². The number of benzene rings is 1. The molecule has 3 rings (SSSR count). The second-order valence-corrected chi connectivity index (χ2v) is 6.58. The van der Waals surface area contributed by atoms with Gasteiger partial charge in [0, 0.05) is 24.0 Å². The van der Waals surface area contributed by atoms with E-state index in [4.69, 9.17) is 0 Å². The Labute approximate surface area is 163 Å². The maximum absolute atomic E-state index is 12.4. The molecule has 2 aromatic heterocycles. The van der Waals surface area contributed by atoms with Crippen LogP contribution in [0.1, 0.15) is 22.8 Å². The number of anilines is 1. The van der Waals surface area contributed by atoms with Gasteiger partial charge in [-0.3, -0.25) is 9.59 Å². The summed E-state index contributed by atoms with van der Waals surface area (Å²) in [6, 6.07) is 13.1. The lowest BCUT2D eigenvalue weighted by Crippen LogP contribution is -2.25. The minimum atomic E-state index is -0.238. The van der Waals surface area contributed by atoms with E-state index in [1.165, 1.54) is 6.20 Å². The minimum Gasteiger partial charge on any atom is -0.348 e. The SMILES string of the molecule is C=C(C=C(C)C(=O)Nc1cccc(C)c1)CNC(=O)c1cnn2ccccc12. The van der Waals surface area contributed by atoms with E-state index in [1.54, 1.807) is 23.7 Å². The zero-order chi connectivity index (χ0) is 20.1. The van der Waals surface area contributed by atoms with Crippen LogP contribution in [0.15, 0.2) is 78.7 Å². The van der Waals surface area contributed by atoms with E-state index >= 15 is 0 Å². The number of pyridine rings is 1. The van der Waals surface area contributed by atoms with Crippen LogP contribution in [0.2, 0.25) is 0 Å². The predicted octanol–water partition coefficient (Wildman–Crippen LogP) is 3.51. The molecule has 0 aliphatic rings. The maximum atomic E-state index is 12.4. The molecule has 2 amide bonds. The second kappa shape index (κ2) is 8.35. The van der Waals surface area contributed by atoms with Crippen molar-refractivity contribution in [3.63, 3.8) is 0 Å². The summed E-state index contributed by atoms with van der Waals surface area (Å²) in [5, 5.41) is 9.81. The highest BCUT2D eigenvalue weighted by molar-refractivity contribution is 6.03. The summed E-state index contributed by atoms with van der Waals surface area (Å²) >= 11 is 0. The summed E-state index contributed by atoms with van der Waals surface area (Å²) in [4.78, 5) is 24.7. The van der Waals surface area contributed by atoms with Gasteiger partial charge in [-0.1, -0.05) is 24.8 Å². The highest BCUT2D eigenvalue weighted by Crippen LogP contribution is 2.12. The monoisotopic (exact) mass is 374 g/mol. The van der Waals surface area contributed by atoms with Crippen molar-refractivity contribution in [3.8, 4) is 0 Å². The Bertz CT molecular complexity index is 1080. The van der Waals surface area contributed by atoms with Gasteiger partial charge in [0.2, 0.25) is 0 Å². The molecular weight excluding hydrogens is 352 g/mol. The minimum absolute atomic E-state index is 0.208. The maximum Gasteiger partial charge on any atom is 0.255 e. The Morgan fingerprint density at radius 3 is 2.82 bits per heavy atom. The van der Waals surface area contributed by atoms with Crippen molar-refractivity contribution in [1.82, 2.24) is 14.9 Å². The van der Waals surface area contributed by atoms with Crippen LogP contribution in [0, 0.1) is 6.92 Å². The molecule has 1 aromatic carbocycles. The summed E-state index contributed by atoms with van der Waals surface area (Å²) in [6.07, 6.45) is 4.98. The van der Waals surface area contributed by atoms with Gasteiger partial charge in [0.25, 0.3) is 11.8 Å². The van der Waals surface area contributed by atoms with Crippen LogP contribution in [0.4, 0.5) is 5.69 Å². The number of amides is 2. The van der Waals surface area contributed by atoms with Crippen LogP contribution in [-0.4, -0.2) is 28.0 Å². The molecule has 6 nitrogen and oxygen atoms in total. The molecule has 0 aliphatic heterocycles. The van der Waals surface area contributed by atoms with Gasteiger partial charge in [0.05, 0.1) is 17.3 Å². The Hall–Kier alpha value is -3.67. The van der Waals surface area contributed by atoms with Gasteiger partial charge in [-0.2, -0.15) is 5.10 Å². The van der Waals surface area contributed by atoms with Crippen molar-refractivity contribution in [2.45, 2.75) is 13.8 Å². The standard InChI is InChI=1S/C22H22N4O2/c1-15-7-6-8-18(12-15)25-21(27)17(3)11-16(2)13-23-22(28)19-14-24-26-10-5-4-9-20(19)26/h4-12,14H,2,13H2,1,3H3,(H,23,28)(H,25,27). The van der Waals surface area contributed by atoms with Gasteiger partial charge in [-0.25, -0.2) is 4.52 Å². The summed E-state index contributed by atoms with van der Waals surface area (Å²) in [5.41, 5.74) is 4.17. The van der Waals surface area contributed by atoms with Crippen molar-refractivity contribution in [3.05, 3.63) is 89.8 Å². The van der Waals surface area contributed by atoms with E-state index in [9.17, 15) is 9.59 Å². The average Bonchev–Trinajstić information content (AvgIpc) is 3.10. The van der Waals surface area contributed by atoms with Gasteiger partial charge in [-0.05, 0) is 55.3 Å². The number of aryl methyl sites for hydroxylation is 1. The van der Waals surface area contributed by atoms with Crippen molar-refractivity contribution < 1.29 is 9.59 Å². The van der Waals surface area contributed by atoms with Crippen molar-refractivity contribution >= 4 is 23.0 Å². The van der Waals surface area contributed by atoms with E-state index in [-0.39, 0.29) is 18.4 Å². The molecule has 6 heteroatoms. The van der Waals surface area contributed by atoms with Crippen LogP contribution in [0.3, 0.4) is 0 Å². The first kappa shape index (κ1) is 19.1. The number of carbonyl (C=O) groups excluding carboxylic acids is 2. The third kappa shape index (κ3) is 4.54. The second-order valence-electron chi connectivity index (χ2n) is 6.58. The van der Waals surface area contributed by atoms with Gasteiger partial charge in [-0.15, -0.1) is 0 Å². The first-order valence-corrected chi connectivity index (χ1v) is 8.88. The lowest BCUT2D eigenvalue weighted by molar-refractivity contribution is -0.112. The number of nitrogens with zero attached hydrogens (tertiary/aromatic N) is 2. The van der Waals surface area contributed by atoms with Gasteiger partial charge < -0.3 is 10.6 Å². The molecule has 0 saturated heterocycles. The first-order chi connectivity index (χ1) is 13.4. The van der Waals surface area contributed by atoms with E-state index in [2.05, 4.69) is 22.3 Å². The third-order valence-corrected chi connectivity index (χ3v) is 4.20. The largest absolute Gasteiger partial charge is 0.348 e. The molecule has 0 unspecified atom stereocenters. The molecule has 142 valence electrons. The Kier molecular flexibility index (Phi) is 5.69. The van der Waals surface area contributed by atoms with E-state index in [1.807, 2.05) is 49.4 Å². The van der Waals surface area contributed by atoms with E-state index < -0.39 is 0 Å². The number of nitrogens with one attached hydrogen (secondary N) is 2. The molecule has 2 heterocycles. The molecule has 0 radical (unpaired) electrons. The van der Waals surface area contributed by atoms with Crippen LogP contribution in [0.5, 0.6) is 0 Å². The smallest absolute Gasteiger partial charge is 0.255 e. The van der Waals surface area contributed by atoms with Gasteiger partial charge in [0.15, 0.2) is 0 Å². The molecule has 2 N–H and O–H groups in total. The predicted molar refractivity (Wildman–Crippen MR) is 110 cm³/mol. The van der Waals surface area contributed by atoms with Crippen molar-refractivity contribution in [2.24, 2.45) is 0 Å². The molecule has 28 heavy (non-hydrogen) atoms. The van der Waals surface area contributed by atoms with E-state index in [0.29, 0.717) is 16.7 Å². The quantitative estimate of drug-likeness (QED) is 0.512. The lowest BCUT2D eigenvalue weighted by Gasteiger charge is -2.08. The zero-order valence-corrected chi connectivity index (χ0v) is 15.9. The summed E-state index contributed by atoms with van der Waals surface area (Å²) < 4.78 is 1.64. The molecule has 0 saturated carbocycles. The van der Waals surface area contributed by atoms with Crippen LogP contribution < -0.4 is 10.6 Å². The molecule has 0 bridgehead atoms. The lowest BCUT2D eigenvalue weighted by atomic mass is 10.1. The fourth-order valence-electron chi connectivity index (χ4n) is 2.77. The van der Waals surface area contributed by atoms with Crippen LogP contribution in [0.25, 0.3) is 5.52 Å². The average molecular weight is 374 g/mol. The molecule has 0 spiro atoms. The number of hydrogen-bond acceptors (Lipinski definition) is 3. The number of fused-ring (bicyclic) bond motifs is 1. The summed E-state index contributed by atoms with van der Waals surface area (Å²) in [6.45, 7) is 7.83. The first-order valence-electron chi connectivity index (χ1n) is 8.88. The Morgan fingerprint density at radius 2 is 2.04 bits per heavy atom. The molecule has 0 aliphatic carbocycles. The highest BCUT2D eigenvalue weighted by atomic mass is 16.2. The molecule has 0 fully saturated rings.